The summed E-state index contributed by atoms with van der Waals surface area (Å²) in [6.45, 7) is -0.0173. The largest absolute Gasteiger partial charge is 0.467 e. The number of methoxy groups -OCH3 is 1. The molecular formula is C23H24N2O6. The Labute approximate surface area is 180 Å². The number of ether oxygens (including phenoxy) is 2. The number of esters is 1. The lowest BCUT2D eigenvalue weighted by Gasteiger charge is -2.24. The highest BCUT2D eigenvalue weighted by Gasteiger charge is 2.42. The Morgan fingerprint density at radius 2 is 1.65 bits per heavy atom. The summed E-state index contributed by atoms with van der Waals surface area (Å²) in [4.78, 5) is 50.7. The van der Waals surface area contributed by atoms with Gasteiger partial charge in [-0.2, -0.15) is 0 Å². The summed E-state index contributed by atoms with van der Waals surface area (Å²) >= 11 is 0. The van der Waals surface area contributed by atoms with Crippen molar-refractivity contribution in [2.75, 3.05) is 7.11 Å². The van der Waals surface area contributed by atoms with Crippen LogP contribution in [0.15, 0.2) is 60.7 Å². The average Bonchev–Trinajstić information content (AvgIpc) is 3.19. The van der Waals surface area contributed by atoms with Gasteiger partial charge >= 0.3 is 12.1 Å². The predicted octanol–water partition coefficient (Wildman–Crippen LogP) is 2.21. The SMILES string of the molecule is COC(=O)[C@@H](Cc1ccccc1)NC(=O)[C@@H]1CCC(=O)N1C(=O)OCc1ccccc1. The molecule has 2 atom stereocenters. The van der Waals surface area contributed by atoms with Gasteiger partial charge in [0.15, 0.2) is 0 Å². The van der Waals surface area contributed by atoms with Gasteiger partial charge in [0.05, 0.1) is 7.11 Å². The van der Waals surface area contributed by atoms with E-state index in [1.807, 2.05) is 36.4 Å². The molecule has 31 heavy (non-hydrogen) atoms. The average molecular weight is 424 g/mol. The zero-order valence-electron chi connectivity index (χ0n) is 17.2. The Hall–Kier alpha value is -3.68. The zero-order valence-corrected chi connectivity index (χ0v) is 17.2. The molecule has 2 aromatic carbocycles. The standard InChI is InChI=1S/C23H24N2O6/c1-30-22(28)18(14-16-8-4-2-5-9-16)24-21(27)19-12-13-20(26)25(19)23(29)31-15-17-10-6-3-7-11-17/h2-11,18-19H,12-15H2,1H3,(H,24,27)/t18-,19+/m1/s1. The Bertz CT molecular complexity index is 932. The van der Waals surface area contributed by atoms with Crippen molar-refractivity contribution in [2.45, 2.75) is 38.0 Å². The number of carbonyl (C=O) groups is 4. The molecular weight excluding hydrogens is 400 g/mol. The van der Waals surface area contributed by atoms with Crippen LogP contribution in [0.5, 0.6) is 0 Å². The molecule has 0 bridgehead atoms. The number of amides is 3. The lowest BCUT2D eigenvalue weighted by Crippen LogP contribution is -2.52. The summed E-state index contributed by atoms with van der Waals surface area (Å²) in [5, 5.41) is 2.62. The van der Waals surface area contributed by atoms with Gasteiger partial charge < -0.3 is 14.8 Å². The zero-order chi connectivity index (χ0) is 22.2. The van der Waals surface area contributed by atoms with Crippen LogP contribution in [0.2, 0.25) is 0 Å². The fourth-order valence-electron chi connectivity index (χ4n) is 3.40. The smallest absolute Gasteiger partial charge is 0.417 e. The second-order valence-corrected chi connectivity index (χ2v) is 7.13. The van der Waals surface area contributed by atoms with Gasteiger partial charge in [-0.1, -0.05) is 60.7 Å². The molecule has 0 aromatic heterocycles. The van der Waals surface area contributed by atoms with E-state index in [1.165, 1.54) is 7.11 Å². The first-order valence-corrected chi connectivity index (χ1v) is 9.94. The Kier molecular flexibility index (Phi) is 7.37. The summed E-state index contributed by atoms with van der Waals surface area (Å²) in [6.07, 6.45) is -0.466. The maximum atomic E-state index is 12.9. The van der Waals surface area contributed by atoms with Crippen molar-refractivity contribution in [3.63, 3.8) is 0 Å². The molecule has 0 aliphatic carbocycles. The van der Waals surface area contributed by atoms with E-state index < -0.39 is 36.0 Å². The van der Waals surface area contributed by atoms with E-state index in [4.69, 9.17) is 9.47 Å². The highest BCUT2D eigenvalue weighted by Crippen LogP contribution is 2.21. The number of rotatable bonds is 7. The minimum atomic E-state index is -1.04. The fourth-order valence-corrected chi connectivity index (χ4v) is 3.40. The van der Waals surface area contributed by atoms with Gasteiger partial charge in [-0.05, 0) is 17.5 Å². The lowest BCUT2D eigenvalue weighted by atomic mass is 10.1. The summed E-state index contributed by atoms with van der Waals surface area (Å²) in [5.41, 5.74) is 1.59. The van der Waals surface area contributed by atoms with Gasteiger partial charge in [0, 0.05) is 12.8 Å². The second kappa shape index (κ2) is 10.4. The van der Waals surface area contributed by atoms with Gasteiger partial charge in [0.1, 0.15) is 18.7 Å². The monoisotopic (exact) mass is 424 g/mol. The summed E-state index contributed by atoms with van der Waals surface area (Å²) in [5.74, 6) is -1.70. The van der Waals surface area contributed by atoms with E-state index in [9.17, 15) is 19.2 Å². The van der Waals surface area contributed by atoms with Crippen LogP contribution in [0.3, 0.4) is 0 Å². The normalized spacial score (nSPS) is 16.5. The van der Waals surface area contributed by atoms with Crippen LogP contribution < -0.4 is 5.32 Å². The Morgan fingerprint density at radius 1 is 1.03 bits per heavy atom. The van der Waals surface area contributed by atoms with Gasteiger partial charge in [0.2, 0.25) is 11.8 Å². The first-order chi connectivity index (χ1) is 15.0. The van der Waals surface area contributed by atoms with Crippen molar-refractivity contribution < 1.29 is 28.7 Å². The molecule has 3 amide bonds. The molecule has 0 spiro atoms. The van der Waals surface area contributed by atoms with Gasteiger partial charge in [-0.25, -0.2) is 14.5 Å². The van der Waals surface area contributed by atoms with Gasteiger partial charge in [-0.15, -0.1) is 0 Å². The van der Waals surface area contributed by atoms with Crippen LogP contribution in [0.4, 0.5) is 4.79 Å². The molecule has 162 valence electrons. The molecule has 8 heteroatoms. The van der Waals surface area contributed by atoms with Crippen LogP contribution in [0, 0.1) is 0 Å². The minimum absolute atomic E-state index is 0.0173. The van der Waals surface area contributed by atoms with E-state index in [1.54, 1.807) is 24.3 Å². The molecule has 1 fully saturated rings. The number of hydrogen-bond acceptors (Lipinski definition) is 6. The molecule has 8 nitrogen and oxygen atoms in total. The van der Waals surface area contributed by atoms with Crippen LogP contribution in [-0.4, -0.2) is 48.0 Å². The van der Waals surface area contributed by atoms with E-state index in [0.29, 0.717) is 0 Å². The Morgan fingerprint density at radius 3 is 2.26 bits per heavy atom. The maximum absolute atomic E-state index is 12.9. The van der Waals surface area contributed by atoms with Crippen molar-refractivity contribution in [3.05, 3.63) is 71.8 Å². The number of carbonyl (C=O) groups excluding carboxylic acids is 4. The van der Waals surface area contributed by atoms with Crippen molar-refractivity contribution >= 4 is 23.9 Å². The molecule has 0 unspecified atom stereocenters. The summed E-state index contributed by atoms with van der Waals surface area (Å²) < 4.78 is 10.0. The molecule has 3 rings (SSSR count). The third-order valence-corrected chi connectivity index (χ3v) is 5.00. The van der Waals surface area contributed by atoms with Crippen LogP contribution in [-0.2, 0) is 36.9 Å². The van der Waals surface area contributed by atoms with E-state index in [-0.39, 0.29) is 25.9 Å². The first kappa shape index (κ1) is 22.0. The third kappa shape index (κ3) is 5.69. The number of nitrogens with zero attached hydrogens (tertiary/aromatic N) is 1. The topological polar surface area (TPSA) is 102 Å². The van der Waals surface area contributed by atoms with E-state index in [0.717, 1.165) is 16.0 Å². The quantitative estimate of drug-likeness (QED) is 0.684. The summed E-state index contributed by atoms with van der Waals surface area (Å²) in [7, 11) is 1.23. The predicted molar refractivity (Wildman–Crippen MR) is 111 cm³/mol. The third-order valence-electron chi connectivity index (χ3n) is 5.00. The van der Waals surface area contributed by atoms with Crippen LogP contribution in [0.25, 0.3) is 0 Å². The molecule has 1 aliphatic heterocycles. The molecule has 2 aromatic rings. The Balaban J connectivity index is 1.66. The van der Waals surface area contributed by atoms with Gasteiger partial charge in [0.25, 0.3) is 0 Å². The van der Waals surface area contributed by atoms with Crippen molar-refractivity contribution in [3.8, 4) is 0 Å². The van der Waals surface area contributed by atoms with E-state index >= 15 is 0 Å². The number of likely N-dealkylation sites (tertiary alicyclic amines) is 1. The number of nitrogens with one attached hydrogen (secondary N) is 1. The molecule has 0 radical (unpaired) electrons. The highest BCUT2D eigenvalue weighted by molar-refractivity contribution is 6.01. The molecule has 1 heterocycles. The second-order valence-electron chi connectivity index (χ2n) is 7.13. The highest BCUT2D eigenvalue weighted by atomic mass is 16.6. The molecule has 1 aliphatic rings. The van der Waals surface area contributed by atoms with Crippen LogP contribution >= 0.6 is 0 Å². The minimum Gasteiger partial charge on any atom is -0.467 e. The van der Waals surface area contributed by atoms with Crippen molar-refractivity contribution in [1.29, 1.82) is 0 Å². The lowest BCUT2D eigenvalue weighted by molar-refractivity contribution is -0.145. The molecule has 1 N–H and O–H groups in total. The number of imide groups is 1. The maximum Gasteiger partial charge on any atom is 0.417 e. The van der Waals surface area contributed by atoms with Crippen LogP contribution in [0.1, 0.15) is 24.0 Å². The van der Waals surface area contributed by atoms with E-state index in [2.05, 4.69) is 5.32 Å². The summed E-state index contributed by atoms with van der Waals surface area (Å²) in [6, 6.07) is 16.2. The number of hydrogen-bond donors (Lipinski definition) is 1. The van der Waals surface area contributed by atoms with Crippen molar-refractivity contribution in [2.24, 2.45) is 0 Å². The fraction of sp³-hybridized carbons (Fsp3) is 0.304. The molecule has 1 saturated heterocycles. The number of benzene rings is 2. The molecule has 0 saturated carbocycles. The van der Waals surface area contributed by atoms with Gasteiger partial charge in [-0.3, -0.25) is 9.59 Å². The first-order valence-electron chi connectivity index (χ1n) is 9.94. The van der Waals surface area contributed by atoms with Crippen molar-refractivity contribution in [1.82, 2.24) is 10.2 Å².